The van der Waals surface area contributed by atoms with Gasteiger partial charge in [-0.15, -0.1) is 0 Å². The number of methoxy groups -OCH3 is 1. The summed E-state index contributed by atoms with van der Waals surface area (Å²) in [6.07, 6.45) is 1.57. The van der Waals surface area contributed by atoms with E-state index in [-0.39, 0.29) is 11.7 Å². The highest BCUT2D eigenvalue weighted by molar-refractivity contribution is 7.94. The second-order valence-electron chi connectivity index (χ2n) is 5.91. The molecule has 1 unspecified atom stereocenters. The molecule has 3 rings (SSSR count). The summed E-state index contributed by atoms with van der Waals surface area (Å²) < 4.78 is 28.9. The molecule has 2 aromatic rings. The molecule has 0 saturated heterocycles. The van der Waals surface area contributed by atoms with Crippen molar-refractivity contribution in [1.29, 1.82) is 0 Å². The van der Waals surface area contributed by atoms with E-state index in [0.29, 0.717) is 17.0 Å². The van der Waals surface area contributed by atoms with Crippen molar-refractivity contribution in [3.63, 3.8) is 0 Å². The first-order valence-corrected chi connectivity index (χ1v) is 9.57. The van der Waals surface area contributed by atoms with Crippen molar-refractivity contribution in [1.82, 2.24) is 0 Å². The maximum atomic E-state index is 13.2. The van der Waals surface area contributed by atoms with Crippen LogP contribution in [0.1, 0.15) is 15.9 Å². The molecule has 0 saturated carbocycles. The summed E-state index contributed by atoms with van der Waals surface area (Å²) in [5, 5.41) is 1.18. The van der Waals surface area contributed by atoms with E-state index in [1.54, 1.807) is 49.6 Å². The number of nitrogens with zero attached hydrogens (tertiary/aromatic N) is 1. The maximum Gasteiger partial charge on any atom is 0.259 e. The summed E-state index contributed by atoms with van der Waals surface area (Å²) in [4.78, 5) is 14.7. The van der Waals surface area contributed by atoms with Gasteiger partial charge < -0.3 is 9.64 Å². The number of anilines is 1. The van der Waals surface area contributed by atoms with Crippen LogP contribution in [0.25, 0.3) is 0 Å². The van der Waals surface area contributed by atoms with Crippen LogP contribution in [0.3, 0.4) is 0 Å². The van der Waals surface area contributed by atoms with Crippen LogP contribution in [0.2, 0.25) is 0 Å². The van der Waals surface area contributed by atoms with E-state index in [4.69, 9.17) is 4.74 Å². The minimum absolute atomic E-state index is 0.114. The third-order valence-corrected chi connectivity index (χ3v) is 5.57. The molecule has 5 nitrogen and oxygen atoms in total. The zero-order chi connectivity index (χ0) is 18.0. The Morgan fingerprint density at radius 1 is 1.12 bits per heavy atom. The Hall–Kier alpha value is -2.60. The van der Waals surface area contributed by atoms with Crippen molar-refractivity contribution in [3.8, 4) is 5.75 Å². The van der Waals surface area contributed by atoms with Crippen LogP contribution in [-0.2, 0) is 9.84 Å². The van der Waals surface area contributed by atoms with Gasteiger partial charge in [0.05, 0.1) is 18.9 Å². The first-order chi connectivity index (χ1) is 11.9. The molecule has 130 valence electrons. The number of ether oxygens (including phenoxy) is 1. The fourth-order valence-corrected chi connectivity index (χ4v) is 4.13. The summed E-state index contributed by atoms with van der Waals surface area (Å²) in [6, 6.07) is 13.8. The number of carbonyl (C=O) groups is 1. The number of rotatable bonds is 4. The van der Waals surface area contributed by atoms with E-state index in [9.17, 15) is 13.2 Å². The summed E-state index contributed by atoms with van der Waals surface area (Å²) in [5.41, 5.74) is 2.02. The summed E-state index contributed by atoms with van der Waals surface area (Å²) in [6.45, 7) is 1.86. The van der Waals surface area contributed by atoms with Gasteiger partial charge in [-0.3, -0.25) is 4.79 Å². The summed E-state index contributed by atoms with van der Waals surface area (Å²) >= 11 is 0. The molecule has 0 radical (unpaired) electrons. The Morgan fingerprint density at radius 3 is 2.36 bits per heavy atom. The van der Waals surface area contributed by atoms with Crippen molar-refractivity contribution in [2.24, 2.45) is 0 Å². The number of hydrogen-bond acceptors (Lipinski definition) is 4. The first kappa shape index (κ1) is 17.2. The van der Waals surface area contributed by atoms with Gasteiger partial charge in [-0.1, -0.05) is 18.2 Å². The Morgan fingerprint density at radius 2 is 1.80 bits per heavy atom. The minimum atomic E-state index is -3.29. The summed E-state index contributed by atoms with van der Waals surface area (Å²) in [5.74, 6) is 0.327. The molecule has 1 atom stereocenters. The number of carbonyl (C=O) groups excluding carboxylic acids is 1. The van der Waals surface area contributed by atoms with Gasteiger partial charge in [-0.05, 0) is 48.9 Å². The monoisotopic (exact) mass is 357 g/mol. The van der Waals surface area contributed by atoms with Crippen LogP contribution in [0, 0.1) is 6.92 Å². The summed E-state index contributed by atoms with van der Waals surface area (Å²) in [7, 11) is -1.72. The smallest absolute Gasteiger partial charge is 0.259 e. The lowest BCUT2D eigenvalue weighted by Gasteiger charge is -2.28. The molecule has 1 heterocycles. The Bertz CT molecular complexity index is 917. The standard InChI is InChI=1S/C19H19NO4S/c1-14-5-3-4-6-18(14)19(21)20(16-11-12-25(22,23)13-16)15-7-9-17(24-2)10-8-15/h3-12,16H,13H2,1-2H3. The molecular formula is C19H19NO4S. The number of amides is 1. The second-order valence-corrected chi connectivity index (χ2v) is 7.84. The van der Waals surface area contributed by atoms with Crippen molar-refractivity contribution in [3.05, 3.63) is 71.1 Å². The van der Waals surface area contributed by atoms with Gasteiger partial charge in [0.15, 0.2) is 9.84 Å². The van der Waals surface area contributed by atoms with Gasteiger partial charge in [0.1, 0.15) is 5.75 Å². The topological polar surface area (TPSA) is 63.7 Å². The lowest BCUT2D eigenvalue weighted by Crippen LogP contribution is -2.41. The highest BCUT2D eigenvalue weighted by Gasteiger charge is 2.32. The Labute approximate surface area is 147 Å². The van der Waals surface area contributed by atoms with Crippen molar-refractivity contribution >= 4 is 21.4 Å². The van der Waals surface area contributed by atoms with Crippen LogP contribution in [0.15, 0.2) is 60.0 Å². The third kappa shape index (κ3) is 3.58. The Balaban J connectivity index is 2.04. The predicted molar refractivity (Wildman–Crippen MR) is 97.7 cm³/mol. The maximum absolute atomic E-state index is 13.2. The molecule has 0 spiro atoms. The van der Waals surface area contributed by atoms with Crippen LogP contribution >= 0.6 is 0 Å². The molecule has 0 bridgehead atoms. The van der Waals surface area contributed by atoms with Gasteiger partial charge in [-0.25, -0.2) is 8.42 Å². The lowest BCUT2D eigenvalue weighted by molar-refractivity contribution is 0.0982. The van der Waals surface area contributed by atoms with Gasteiger partial charge >= 0.3 is 0 Å². The van der Waals surface area contributed by atoms with E-state index in [0.717, 1.165) is 5.56 Å². The van der Waals surface area contributed by atoms with E-state index in [1.165, 1.54) is 10.3 Å². The van der Waals surface area contributed by atoms with Crippen LogP contribution < -0.4 is 9.64 Å². The highest BCUT2D eigenvalue weighted by atomic mass is 32.2. The van der Waals surface area contributed by atoms with Crippen LogP contribution in [0.5, 0.6) is 5.75 Å². The minimum Gasteiger partial charge on any atom is -0.497 e. The highest BCUT2D eigenvalue weighted by Crippen LogP contribution is 2.27. The average molecular weight is 357 g/mol. The largest absolute Gasteiger partial charge is 0.497 e. The van der Waals surface area contributed by atoms with E-state index >= 15 is 0 Å². The zero-order valence-corrected chi connectivity index (χ0v) is 14.9. The molecule has 25 heavy (non-hydrogen) atoms. The number of aryl methyl sites for hydroxylation is 1. The molecule has 0 N–H and O–H groups in total. The molecule has 2 aromatic carbocycles. The van der Waals surface area contributed by atoms with Crippen molar-refractivity contribution in [2.45, 2.75) is 13.0 Å². The predicted octanol–water partition coefficient (Wildman–Crippen LogP) is 2.96. The third-order valence-electron chi connectivity index (χ3n) is 4.19. The average Bonchev–Trinajstić information content (AvgIpc) is 2.95. The molecule has 1 amide bonds. The zero-order valence-electron chi connectivity index (χ0n) is 14.0. The fourth-order valence-electron chi connectivity index (χ4n) is 2.86. The number of benzene rings is 2. The van der Waals surface area contributed by atoms with Gasteiger partial charge in [0.2, 0.25) is 0 Å². The first-order valence-electron chi connectivity index (χ1n) is 7.85. The molecule has 1 aliphatic rings. The van der Waals surface area contributed by atoms with Crippen molar-refractivity contribution < 1.29 is 17.9 Å². The molecule has 0 aliphatic carbocycles. The Kier molecular flexibility index (Phi) is 4.63. The fraction of sp³-hybridized carbons (Fsp3) is 0.211. The van der Waals surface area contributed by atoms with Gasteiger partial charge in [-0.2, -0.15) is 0 Å². The van der Waals surface area contributed by atoms with Crippen LogP contribution in [0.4, 0.5) is 5.69 Å². The molecule has 0 aromatic heterocycles. The molecule has 1 aliphatic heterocycles. The SMILES string of the molecule is COc1ccc(N(C(=O)c2ccccc2C)C2C=CS(=O)(=O)C2)cc1. The van der Waals surface area contributed by atoms with Gasteiger partial charge in [0, 0.05) is 16.7 Å². The normalized spacial score (nSPS) is 18.1. The second kappa shape index (κ2) is 6.72. The van der Waals surface area contributed by atoms with E-state index in [2.05, 4.69) is 0 Å². The van der Waals surface area contributed by atoms with E-state index in [1.807, 2.05) is 19.1 Å². The number of sulfone groups is 1. The molecule has 6 heteroatoms. The molecular weight excluding hydrogens is 338 g/mol. The number of hydrogen-bond donors (Lipinski definition) is 0. The van der Waals surface area contributed by atoms with E-state index < -0.39 is 15.9 Å². The quantitative estimate of drug-likeness (QED) is 0.844. The molecule has 0 fully saturated rings. The van der Waals surface area contributed by atoms with Crippen LogP contribution in [-0.4, -0.2) is 33.2 Å². The lowest BCUT2D eigenvalue weighted by atomic mass is 10.1. The van der Waals surface area contributed by atoms with Crippen molar-refractivity contribution in [2.75, 3.05) is 17.8 Å². The van der Waals surface area contributed by atoms with Gasteiger partial charge in [0.25, 0.3) is 5.91 Å².